The summed E-state index contributed by atoms with van der Waals surface area (Å²) < 4.78 is 0.959. The Morgan fingerprint density at radius 2 is 1.94 bits per heavy atom. The van der Waals surface area contributed by atoms with Crippen molar-refractivity contribution in [3.63, 3.8) is 0 Å². The first-order valence-electron chi connectivity index (χ1n) is 5.27. The molecule has 1 nitrogen and oxygen atoms in total. The number of aliphatic hydroxyl groups is 1. The monoisotopic (exact) mass is 310 g/mol. The molecular weight excluding hydrogens is 300 g/mol. The minimum atomic E-state index is -0.621. The second-order valence-electron chi connectivity index (χ2n) is 3.96. The average molecular weight is 312 g/mol. The van der Waals surface area contributed by atoms with E-state index in [1.807, 2.05) is 43.3 Å². The standard InChI is InChI=1S/C14H12BrClO/c1-9-7-12(16)5-6-13(9)14(17)10-3-2-4-11(15)8-10/h2-8,14,17H,1H3/t14-/m1/s1. The predicted octanol–water partition coefficient (Wildman–Crippen LogP) is 4.49. The molecule has 0 saturated heterocycles. The first-order chi connectivity index (χ1) is 8.08. The highest BCUT2D eigenvalue weighted by atomic mass is 79.9. The second kappa shape index (κ2) is 5.21. The fourth-order valence-corrected chi connectivity index (χ4v) is 2.45. The van der Waals surface area contributed by atoms with Crippen LogP contribution in [0.2, 0.25) is 5.02 Å². The van der Waals surface area contributed by atoms with Crippen LogP contribution < -0.4 is 0 Å². The van der Waals surface area contributed by atoms with E-state index in [0.29, 0.717) is 5.02 Å². The first kappa shape index (κ1) is 12.6. The number of aryl methyl sites for hydroxylation is 1. The summed E-state index contributed by atoms with van der Waals surface area (Å²) in [4.78, 5) is 0. The summed E-state index contributed by atoms with van der Waals surface area (Å²) in [6.07, 6.45) is -0.621. The van der Waals surface area contributed by atoms with Crippen LogP contribution in [-0.4, -0.2) is 5.11 Å². The Balaban J connectivity index is 2.40. The highest BCUT2D eigenvalue weighted by molar-refractivity contribution is 9.10. The molecular formula is C14H12BrClO. The lowest BCUT2D eigenvalue weighted by Crippen LogP contribution is -2.01. The molecule has 1 atom stereocenters. The van der Waals surface area contributed by atoms with Crippen LogP contribution >= 0.6 is 27.5 Å². The van der Waals surface area contributed by atoms with E-state index in [1.54, 1.807) is 6.07 Å². The van der Waals surface area contributed by atoms with Gasteiger partial charge in [-0.05, 0) is 47.9 Å². The van der Waals surface area contributed by atoms with E-state index in [0.717, 1.165) is 21.2 Å². The Morgan fingerprint density at radius 3 is 2.59 bits per heavy atom. The lowest BCUT2D eigenvalue weighted by Gasteiger charge is -2.14. The van der Waals surface area contributed by atoms with Crippen molar-refractivity contribution in [1.82, 2.24) is 0 Å². The molecule has 1 N–H and O–H groups in total. The third kappa shape index (κ3) is 2.89. The maximum Gasteiger partial charge on any atom is 0.104 e. The quantitative estimate of drug-likeness (QED) is 0.866. The van der Waals surface area contributed by atoms with Crippen molar-refractivity contribution in [2.45, 2.75) is 13.0 Å². The van der Waals surface area contributed by atoms with Gasteiger partial charge < -0.3 is 5.11 Å². The molecule has 0 aromatic heterocycles. The topological polar surface area (TPSA) is 20.2 Å². The molecule has 0 saturated carbocycles. The van der Waals surface area contributed by atoms with Gasteiger partial charge in [0.1, 0.15) is 6.10 Å². The predicted molar refractivity (Wildman–Crippen MR) is 74.4 cm³/mol. The number of halogens is 2. The number of benzene rings is 2. The molecule has 0 heterocycles. The van der Waals surface area contributed by atoms with E-state index in [9.17, 15) is 5.11 Å². The summed E-state index contributed by atoms with van der Waals surface area (Å²) in [6, 6.07) is 13.2. The van der Waals surface area contributed by atoms with E-state index in [2.05, 4.69) is 15.9 Å². The van der Waals surface area contributed by atoms with Gasteiger partial charge in [-0.3, -0.25) is 0 Å². The normalized spacial score (nSPS) is 12.5. The molecule has 0 aliphatic carbocycles. The Bertz CT molecular complexity index is 539. The Morgan fingerprint density at radius 1 is 1.18 bits per heavy atom. The summed E-state index contributed by atoms with van der Waals surface area (Å²) in [5.74, 6) is 0. The minimum absolute atomic E-state index is 0.621. The zero-order valence-corrected chi connectivity index (χ0v) is 11.7. The number of hydrogen-bond donors (Lipinski definition) is 1. The first-order valence-corrected chi connectivity index (χ1v) is 6.44. The summed E-state index contributed by atoms with van der Waals surface area (Å²) in [7, 11) is 0. The van der Waals surface area contributed by atoms with E-state index in [4.69, 9.17) is 11.6 Å². The fourth-order valence-electron chi connectivity index (χ4n) is 1.80. The van der Waals surface area contributed by atoms with Crippen molar-refractivity contribution in [3.05, 3.63) is 68.7 Å². The number of rotatable bonds is 2. The third-order valence-corrected chi connectivity index (χ3v) is 3.42. The molecule has 0 radical (unpaired) electrons. The molecule has 0 fully saturated rings. The molecule has 0 aliphatic rings. The van der Waals surface area contributed by atoms with Crippen LogP contribution in [0.4, 0.5) is 0 Å². The van der Waals surface area contributed by atoms with Crippen LogP contribution in [0.25, 0.3) is 0 Å². The SMILES string of the molecule is Cc1cc(Cl)ccc1[C@H](O)c1cccc(Br)c1. The molecule has 2 rings (SSSR count). The highest BCUT2D eigenvalue weighted by Gasteiger charge is 2.13. The minimum Gasteiger partial charge on any atom is -0.384 e. The van der Waals surface area contributed by atoms with Gasteiger partial charge in [-0.25, -0.2) is 0 Å². The summed E-state index contributed by atoms with van der Waals surface area (Å²) >= 11 is 9.30. The molecule has 0 aliphatic heterocycles. The van der Waals surface area contributed by atoms with Gasteiger partial charge in [-0.1, -0.05) is 45.7 Å². The van der Waals surface area contributed by atoms with Crippen LogP contribution in [0.1, 0.15) is 22.8 Å². The average Bonchev–Trinajstić information content (AvgIpc) is 2.28. The summed E-state index contributed by atoms with van der Waals surface area (Å²) in [5, 5.41) is 11.0. The Labute approximate surface area is 114 Å². The van der Waals surface area contributed by atoms with E-state index >= 15 is 0 Å². The van der Waals surface area contributed by atoms with Crippen molar-refractivity contribution < 1.29 is 5.11 Å². The lowest BCUT2D eigenvalue weighted by molar-refractivity contribution is 0.219. The second-order valence-corrected chi connectivity index (χ2v) is 5.31. The van der Waals surface area contributed by atoms with Crippen molar-refractivity contribution in [3.8, 4) is 0 Å². The molecule has 0 spiro atoms. The molecule has 3 heteroatoms. The van der Waals surface area contributed by atoms with Crippen LogP contribution in [0.5, 0.6) is 0 Å². The van der Waals surface area contributed by atoms with Gasteiger partial charge >= 0.3 is 0 Å². The summed E-state index contributed by atoms with van der Waals surface area (Å²) in [5.41, 5.74) is 2.74. The number of aliphatic hydroxyl groups excluding tert-OH is 1. The molecule has 2 aromatic rings. The molecule has 0 unspecified atom stereocenters. The molecule has 17 heavy (non-hydrogen) atoms. The van der Waals surface area contributed by atoms with Gasteiger partial charge in [-0.15, -0.1) is 0 Å². The fraction of sp³-hybridized carbons (Fsp3) is 0.143. The van der Waals surface area contributed by atoms with Crippen LogP contribution in [0.3, 0.4) is 0 Å². The van der Waals surface area contributed by atoms with Gasteiger partial charge in [0.05, 0.1) is 0 Å². The molecule has 88 valence electrons. The lowest BCUT2D eigenvalue weighted by atomic mass is 9.98. The largest absolute Gasteiger partial charge is 0.384 e. The van der Waals surface area contributed by atoms with Crippen molar-refractivity contribution >= 4 is 27.5 Å². The van der Waals surface area contributed by atoms with Crippen molar-refractivity contribution in [2.75, 3.05) is 0 Å². The number of hydrogen-bond acceptors (Lipinski definition) is 1. The van der Waals surface area contributed by atoms with Crippen LogP contribution in [0.15, 0.2) is 46.9 Å². The molecule has 0 amide bonds. The molecule has 0 bridgehead atoms. The Kier molecular flexibility index (Phi) is 3.87. The Hall–Kier alpha value is -0.830. The smallest absolute Gasteiger partial charge is 0.104 e. The highest BCUT2D eigenvalue weighted by Crippen LogP contribution is 2.28. The van der Waals surface area contributed by atoms with Crippen LogP contribution in [0, 0.1) is 6.92 Å². The van der Waals surface area contributed by atoms with Gasteiger partial charge in [0, 0.05) is 9.50 Å². The summed E-state index contributed by atoms with van der Waals surface area (Å²) in [6.45, 7) is 1.95. The van der Waals surface area contributed by atoms with Gasteiger partial charge in [-0.2, -0.15) is 0 Å². The molecule has 2 aromatic carbocycles. The van der Waals surface area contributed by atoms with Crippen molar-refractivity contribution in [1.29, 1.82) is 0 Å². The van der Waals surface area contributed by atoms with Gasteiger partial charge in [0.25, 0.3) is 0 Å². The third-order valence-electron chi connectivity index (χ3n) is 2.69. The zero-order chi connectivity index (χ0) is 12.4. The maximum absolute atomic E-state index is 10.3. The van der Waals surface area contributed by atoms with E-state index < -0.39 is 6.10 Å². The van der Waals surface area contributed by atoms with Gasteiger partial charge in [0.2, 0.25) is 0 Å². The van der Waals surface area contributed by atoms with Crippen molar-refractivity contribution in [2.24, 2.45) is 0 Å². The maximum atomic E-state index is 10.3. The van der Waals surface area contributed by atoms with E-state index in [1.165, 1.54) is 0 Å². The van der Waals surface area contributed by atoms with Gasteiger partial charge in [0.15, 0.2) is 0 Å². The zero-order valence-electron chi connectivity index (χ0n) is 9.32. The van der Waals surface area contributed by atoms with E-state index in [-0.39, 0.29) is 0 Å². The van der Waals surface area contributed by atoms with Crippen LogP contribution in [-0.2, 0) is 0 Å².